The van der Waals surface area contributed by atoms with Crippen molar-refractivity contribution in [3.05, 3.63) is 35.6 Å². The van der Waals surface area contributed by atoms with Crippen molar-refractivity contribution in [3.63, 3.8) is 0 Å². The van der Waals surface area contributed by atoms with Crippen molar-refractivity contribution in [2.45, 2.75) is 51.5 Å². The molecule has 1 fully saturated rings. The van der Waals surface area contributed by atoms with Crippen molar-refractivity contribution < 1.29 is 9.18 Å². The van der Waals surface area contributed by atoms with E-state index in [9.17, 15) is 9.18 Å². The lowest BCUT2D eigenvalue weighted by atomic mass is 9.83. The smallest absolute Gasteiger partial charge is 0.254 e. The fourth-order valence-electron chi connectivity index (χ4n) is 2.91. The Morgan fingerprint density at radius 1 is 1.26 bits per heavy atom. The minimum Gasteiger partial charge on any atom is -0.349 e. The van der Waals surface area contributed by atoms with Crippen molar-refractivity contribution >= 4 is 5.91 Å². The van der Waals surface area contributed by atoms with E-state index in [1.54, 1.807) is 12.1 Å². The third-order valence-electron chi connectivity index (χ3n) is 4.00. The Morgan fingerprint density at radius 3 is 2.58 bits per heavy atom. The van der Waals surface area contributed by atoms with Crippen LogP contribution >= 0.6 is 0 Å². The standard InChI is InChI=1S/C16H22FNO/c1-2-5-12-8-10-13(11-9-12)18-16(19)14-6-3-4-7-15(14)17/h3-4,6-7,12-13H,2,5,8-11H2,1H3,(H,18,19). The summed E-state index contributed by atoms with van der Waals surface area (Å²) in [5.41, 5.74) is 0.151. The number of carbonyl (C=O) groups excluding carboxylic acids is 1. The summed E-state index contributed by atoms with van der Waals surface area (Å²) in [6.45, 7) is 2.21. The van der Waals surface area contributed by atoms with Gasteiger partial charge in [-0.15, -0.1) is 0 Å². The number of hydrogen-bond acceptors (Lipinski definition) is 1. The summed E-state index contributed by atoms with van der Waals surface area (Å²) in [5.74, 6) is 0.0864. The van der Waals surface area contributed by atoms with E-state index in [-0.39, 0.29) is 17.5 Å². The molecule has 0 heterocycles. The largest absolute Gasteiger partial charge is 0.349 e. The van der Waals surface area contributed by atoms with Crippen LogP contribution in [0.25, 0.3) is 0 Å². The highest BCUT2D eigenvalue weighted by Gasteiger charge is 2.22. The maximum absolute atomic E-state index is 13.5. The van der Waals surface area contributed by atoms with Crippen molar-refractivity contribution in [1.29, 1.82) is 0 Å². The number of carbonyl (C=O) groups is 1. The van der Waals surface area contributed by atoms with E-state index in [2.05, 4.69) is 12.2 Å². The number of nitrogens with one attached hydrogen (secondary N) is 1. The minimum atomic E-state index is -0.445. The van der Waals surface area contributed by atoms with Crippen molar-refractivity contribution in [2.75, 3.05) is 0 Å². The van der Waals surface area contributed by atoms with Gasteiger partial charge in [-0.25, -0.2) is 4.39 Å². The zero-order chi connectivity index (χ0) is 13.7. The summed E-state index contributed by atoms with van der Waals surface area (Å²) in [7, 11) is 0. The lowest BCUT2D eigenvalue weighted by molar-refractivity contribution is 0.0917. The second-order valence-electron chi connectivity index (χ2n) is 5.46. The Labute approximate surface area is 114 Å². The second kappa shape index (κ2) is 6.69. The van der Waals surface area contributed by atoms with Gasteiger partial charge in [-0.2, -0.15) is 0 Å². The van der Waals surface area contributed by atoms with Crippen LogP contribution in [-0.2, 0) is 0 Å². The Balaban J connectivity index is 1.86. The van der Waals surface area contributed by atoms with Gasteiger partial charge in [0.05, 0.1) is 5.56 Å². The molecule has 19 heavy (non-hydrogen) atoms. The average molecular weight is 263 g/mol. The van der Waals surface area contributed by atoms with E-state index in [4.69, 9.17) is 0 Å². The first kappa shape index (κ1) is 14.0. The molecule has 104 valence electrons. The van der Waals surface area contributed by atoms with Crippen LogP contribution in [0.15, 0.2) is 24.3 Å². The first-order chi connectivity index (χ1) is 9.20. The molecule has 1 aliphatic rings. The van der Waals surface area contributed by atoms with Crippen LogP contribution in [0.5, 0.6) is 0 Å². The van der Waals surface area contributed by atoms with Crippen LogP contribution in [0.2, 0.25) is 0 Å². The summed E-state index contributed by atoms with van der Waals surface area (Å²) in [6, 6.07) is 6.36. The maximum Gasteiger partial charge on any atom is 0.254 e. The predicted octanol–water partition coefficient (Wildman–Crippen LogP) is 3.91. The van der Waals surface area contributed by atoms with E-state index in [1.165, 1.54) is 37.8 Å². The highest BCUT2D eigenvalue weighted by Crippen LogP contribution is 2.27. The van der Waals surface area contributed by atoms with Gasteiger partial charge in [0.25, 0.3) is 5.91 Å². The van der Waals surface area contributed by atoms with Crippen LogP contribution < -0.4 is 5.32 Å². The highest BCUT2D eigenvalue weighted by atomic mass is 19.1. The van der Waals surface area contributed by atoms with Gasteiger partial charge in [-0.3, -0.25) is 4.79 Å². The number of benzene rings is 1. The first-order valence-corrected chi connectivity index (χ1v) is 7.26. The van der Waals surface area contributed by atoms with Gasteiger partial charge in [0, 0.05) is 6.04 Å². The first-order valence-electron chi connectivity index (χ1n) is 7.26. The molecule has 2 rings (SSSR count). The number of rotatable bonds is 4. The van der Waals surface area contributed by atoms with Gasteiger partial charge in [0.2, 0.25) is 0 Å². The van der Waals surface area contributed by atoms with E-state index in [0.717, 1.165) is 18.8 Å². The molecule has 1 saturated carbocycles. The van der Waals surface area contributed by atoms with E-state index in [0.29, 0.717) is 0 Å². The molecule has 1 amide bonds. The topological polar surface area (TPSA) is 29.1 Å². The monoisotopic (exact) mass is 263 g/mol. The van der Waals surface area contributed by atoms with Gasteiger partial charge in [-0.05, 0) is 43.7 Å². The van der Waals surface area contributed by atoms with Gasteiger partial charge < -0.3 is 5.32 Å². The van der Waals surface area contributed by atoms with Crippen LogP contribution in [-0.4, -0.2) is 11.9 Å². The third kappa shape index (κ3) is 3.79. The zero-order valence-corrected chi connectivity index (χ0v) is 11.5. The zero-order valence-electron chi connectivity index (χ0n) is 11.5. The van der Waals surface area contributed by atoms with Gasteiger partial charge in [-0.1, -0.05) is 31.9 Å². The fourth-order valence-corrected chi connectivity index (χ4v) is 2.91. The Morgan fingerprint density at radius 2 is 1.95 bits per heavy atom. The van der Waals surface area contributed by atoms with E-state index >= 15 is 0 Å². The fraction of sp³-hybridized carbons (Fsp3) is 0.562. The molecule has 3 heteroatoms. The molecule has 0 unspecified atom stereocenters. The van der Waals surface area contributed by atoms with Crippen molar-refractivity contribution in [1.82, 2.24) is 5.32 Å². The molecule has 1 aliphatic carbocycles. The van der Waals surface area contributed by atoms with Crippen molar-refractivity contribution in [3.8, 4) is 0 Å². The normalized spacial score (nSPS) is 23.1. The van der Waals surface area contributed by atoms with Crippen molar-refractivity contribution in [2.24, 2.45) is 5.92 Å². The average Bonchev–Trinajstić information content (AvgIpc) is 2.42. The summed E-state index contributed by atoms with van der Waals surface area (Å²) < 4.78 is 13.5. The molecule has 0 atom stereocenters. The molecule has 0 aliphatic heterocycles. The van der Waals surface area contributed by atoms with Crippen LogP contribution in [0.1, 0.15) is 55.8 Å². The van der Waals surface area contributed by atoms with E-state index in [1.807, 2.05) is 0 Å². The molecule has 1 N–H and O–H groups in total. The molecule has 0 aromatic heterocycles. The van der Waals surface area contributed by atoms with Gasteiger partial charge >= 0.3 is 0 Å². The molecular weight excluding hydrogens is 241 g/mol. The van der Waals surface area contributed by atoms with Crippen LogP contribution in [0.3, 0.4) is 0 Å². The minimum absolute atomic E-state index is 0.151. The predicted molar refractivity (Wildman–Crippen MR) is 74.5 cm³/mol. The molecule has 1 aromatic carbocycles. The second-order valence-corrected chi connectivity index (χ2v) is 5.46. The molecule has 0 bridgehead atoms. The maximum atomic E-state index is 13.5. The Kier molecular flexibility index (Phi) is 4.94. The lowest BCUT2D eigenvalue weighted by Crippen LogP contribution is -2.38. The van der Waals surface area contributed by atoms with Crippen LogP contribution in [0, 0.1) is 11.7 Å². The highest BCUT2D eigenvalue weighted by molar-refractivity contribution is 5.94. The quantitative estimate of drug-likeness (QED) is 0.876. The summed E-state index contributed by atoms with van der Waals surface area (Å²) in [6.07, 6.45) is 6.91. The van der Waals surface area contributed by atoms with E-state index < -0.39 is 5.82 Å². The molecule has 2 nitrogen and oxygen atoms in total. The third-order valence-corrected chi connectivity index (χ3v) is 4.00. The molecule has 0 spiro atoms. The molecule has 1 aromatic rings. The Hall–Kier alpha value is -1.38. The summed E-state index contributed by atoms with van der Waals surface area (Å²) in [5, 5.41) is 2.96. The summed E-state index contributed by atoms with van der Waals surface area (Å²) in [4.78, 5) is 12.0. The Bertz CT molecular complexity index is 425. The number of halogens is 1. The number of amides is 1. The van der Waals surface area contributed by atoms with Gasteiger partial charge in [0.15, 0.2) is 0 Å². The lowest BCUT2D eigenvalue weighted by Gasteiger charge is -2.29. The molecule has 0 radical (unpaired) electrons. The SMILES string of the molecule is CCCC1CCC(NC(=O)c2ccccc2F)CC1. The van der Waals surface area contributed by atoms with Crippen LogP contribution in [0.4, 0.5) is 4.39 Å². The van der Waals surface area contributed by atoms with Gasteiger partial charge in [0.1, 0.15) is 5.82 Å². The molecule has 0 saturated heterocycles. The summed E-state index contributed by atoms with van der Waals surface area (Å²) >= 11 is 0. The molecular formula is C16H22FNO. The number of hydrogen-bond donors (Lipinski definition) is 1.